The molecule has 0 heterocycles. The third-order valence-electron chi connectivity index (χ3n) is 4.32. The van der Waals surface area contributed by atoms with E-state index in [4.69, 9.17) is 21.1 Å². The monoisotopic (exact) mass is 464 g/mol. The van der Waals surface area contributed by atoms with Gasteiger partial charge in [0, 0.05) is 18.2 Å². The van der Waals surface area contributed by atoms with Gasteiger partial charge < -0.3 is 20.1 Å². The van der Waals surface area contributed by atoms with E-state index < -0.39 is 29.5 Å². The zero-order valence-corrected chi connectivity index (χ0v) is 19.3. The van der Waals surface area contributed by atoms with Crippen LogP contribution in [0, 0.1) is 5.82 Å². The summed E-state index contributed by atoms with van der Waals surface area (Å²) in [6, 6.07) is 7.78. The fourth-order valence-electron chi connectivity index (χ4n) is 2.81. The summed E-state index contributed by atoms with van der Waals surface area (Å²) in [5.74, 6) is -1.50. The average molecular weight is 465 g/mol. The van der Waals surface area contributed by atoms with Crippen molar-refractivity contribution >= 4 is 35.1 Å². The van der Waals surface area contributed by atoms with Crippen molar-refractivity contribution < 1.29 is 28.2 Å². The molecule has 0 radical (unpaired) electrons. The largest absolute Gasteiger partial charge is 0.494 e. The van der Waals surface area contributed by atoms with Gasteiger partial charge in [0.1, 0.15) is 5.60 Å². The number of methoxy groups -OCH3 is 1. The molecule has 2 rings (SSSR count). The Morgan fingerprint density at radius 3 is 2.47 bits per heavy atom. The third kappa shape index (κ3) is 6.95. The van der Waals surface area contributed by atoms with Crippen molar-refractivity contribution in [3.8, 4) is 5.75 Å². The van der Waals surface area contributed by atoms with E-state index in [0.29, 0.717) is 11.3 Å². The summed E-state index contributed by atoms with van der Waals surface area (Å²) in [5.41, 5.74) is 0.0845. The van der Waals surface area contributed by atoms with Crippen LogP contribution in [0.3, 0.4) is 0 Å². The molecule has 0 saturated carbocycles. The number of benzene rings is 2. The molecule has 0 aliphatic heterocycles. The van der Waals surface area contributed by atoms with E-state index in [1.807, 2.05) is 0 Å². The molecule has 0 aromatic heterocycles. The molecule has 0 aliphatic carbocycles. The first-order valence-electron chi connectivity index (χ1n) is 9.85. The second kappa shape index (κ2) is 10.5. The van der Waals surface area contributed by atoms with Gasteiger partial charge in [-0.3, -0.25) is 9.59 Å². The number of carbonyl (C=O) groups is 3. The van der Waals surface area contributed by atoms with Gasteiger partial charge in [-0.15, -0.1) is 0 Å². The topological polar surface area (TPSA) is 93.7 Å². The number of rotatable bonds is 7. The average Bonchev–Trinajstić information content (AvgIpc) is 2.67. The predicted molar refractivity (Wildman–Crippen MR) is 120 cm³/mol. The van der Waals surface area contributed by atoms with Gasteiger partial charge in [0.15, 0.2) is 17.3 Å². The zero-order valence-electron chi connectivity index (χ0n) is 18.5. The molecule has 2 N–H and O–H groups in total. The minimum absolute atomic E-state index is 0.0283. The van der Waals surface area contributed by atoms with Crippen LogP contribution in [0.2, 0.25) is 5.02 Å². The maximum Gasteiger partial charge on any atom is 0.408 e. The normalized spacial score (nSPS) is 12.0. The van der Waals surface area contributed by atoms with Gasteiger partial charge in [-0.05, 0) is 51.5 Å². The van der Waals surface area contributed by atoms with Crippen molar-refractivity contribution in [3.05, 3.63) is 58.4 Å². The zero-order chi connectivity index (χ0) is 24.1. The Bertz CT molecular complexity index is 1020. The molecule has 0 bridgehead atoms. The fourth-order valence-corrected chi connectivity index (χ4v) is 3.09. The highest BCUT2D eigenvalue weighted by Gasteiger charge is 2.24. The number of amides is 2. The number of ketones is 1. The van der Waals surface area contributed by atoms with E-state index in [-0.39, 0.29) is 28.5 Å². The summed E-state index contributed by atoms with van der Waals surface area (Å²) in [7, 11) is 1.31. The van der Waals surface area contributed by atoms with Crippen molar-refractivity contribution in [1.29, 1.82) is 0 Å². The molecule has 0 saturated heterocycles. The van der Waals surface area contributed by atoms with Crippen LogP contribution in [0.1, 0.15) is 43.6 Å². The number of ether oxygens (including phenoxy) is 2. The number of anilines is 1. The molecule has 0 aliphatic rings. The first-order valence-corrected chi connectivity index (χ1v) is 10.2. The second-order valence-electron chi connectivity index (χ2n) is 8.09. The number of Topliss-reactive ketones (excluding diaryl/α,β-unsaturated/α-hetero) is 1. The highest BCUT2D eigenvalue weighted by molar-refractivity contribution is 6.34. The number of hydrogen-bond donors (Lipinski definition) is 2. The summed E-state index contributed by atoms with van der Waals surface area (Å²) in [4.78, 5) is 37.5. The smallest absolute Gasteiger partial charge is 0.408 e. The molecule has 2 aromatic rings. The highest BCUT2D eigenvalue weighted by Crippen LogP contribution is 2.25. The lowest BCUT2D eigenvalue weighted by Gasteiger charge is -2.21. The van der Waals surface area contributed by atoms with Gasteiger partial charge in [-0.1, -0.05) is 23.7 Å². The van der Waals surface area contributed by atoms with E-state index in [1.54, 1.807) is 32.9 Å². The Morgan fingerprint density at radius 1 is 1.16 bits per heavy atom. The van der Waals surface area contributed by atoms with Crippen LogP contribution in [0.15, 0.2) is 36.4 Å². The molecular formula is C23H26ClFN2O5. The molecule has 0 fully saturated rings. The number of hydrogen-bond acceptors (Lipinski definition) is 5. The molecule has 0 spiro atoms. The van der Waals surface area contributed by atoms with Crippen LogP contribution < -0.4 is 15.4 Å². The Labute approximate surface area is 191 Å². The summed E-state index contributed by atoms with van der Waals surface area (Å²) < 4.78 is 23.7. The molecule has 9 heteroatoms. The van der Waals surface area contributed by atoms with Crippen LogP contribution in [-0.4, -0.2) is 36.5 Å². The standard InChI is InChI=1S/C23H26ClFN2O5/c1-13(26-22(30)32-23(2,3)4)18(28)11-14-7-6-8-16(24)20(14)21(29)27-15-9-10-17(25)19(12-15)31-5/h6-10,12-13H,11H2,1-5H3,(H,26,30)(H,27,29). The quantitative estimate of drug-likeness (QED) is 0.615. The Hall–Kier alpha value is -3.13. The van der Waals surface area contributed by atoms with Crippen LogP contribution >= 0.6 is 11.6 Å². The van der Waals surface area contributed by atoms with Crippen molar-refractivity contribution in [1.82, 2.24) is 5.32 Å². The molecule has 32 heavy (non-hydrogen) atoms. The maximum atomic E-state index is 13.6. The van der Waals surface area contributed by atoms with E-state index in [2.05, 4.69) is 10.6 Å². The third-order valence-corrected chi connectivity index (χ3v) is 4.63. The van der Waals surface area contributed by atoms with Crippen molar-refractivity contribution in [2.45, 2.75) is 45.8 Å². The molecule has 7 nitrogen and oxygen atoms in total. The van der Waals surface area contributed by atoms with Gasteiger partial charge in [-0.25, -0.2) is 9.18 Å². The summed E-state index contributed by atoms with van der Waals surface area (Å²) >= 11 is 6.25. The second-order valence-corrected chi connectivity index (χ2v) is 8.50. The van der Waals surface area contributed by atoms with Gasteiger partial charge >= 0.3 is 6.09 Å². The van der Waals surface area contributed by atoms with Gasteiger partial charge in [0.05, 0.1) is 23.7 Å². The number of alkyl carbamates (subject to hydrolysis) is 1. The van der Waals surface area contributed by atoms with E-state index in [0.717, 1.165) is 6.07 Å². The Morgan fingerprint density at radius 2 is 1.84 bits per heavy atom. The van der Waals surface area contributed by atoms with Crippen LogP contribution in [0.25, 0.3) is 0 Å². The van der Waals surface area contributed by atoms with Crippen LogP contribution in [0.4, 0.5) is 14.9 Å². The SMILES string of the molecule is COc1cc(NC(=O)c2c(Cl)cccc2CC(=O)C(C)NC(=O)OC(C)(C)C)ccc1F. The molecule has 1 unspecified atom stereocenters. The number of carbonyl (C=O) groups excluding carboxylic acids is 3. The first kappa shape index (κ1) is 25.1. The summed E-state index contributed by atoms with van der Waals surface area (Å²) in [6.45, 7) is 6.67. The fraction of sp³-hybridized carbons (Fsp3) is 0.348. The van der Waals surface area contributed by atoms with Gasteiger partial charge in [0.25, 0.3) is 5.91 Å². The Balaban J connectivity index is 2.17. The predicted octanol–water partition coefficient (Wildman–Crippen LogP) is 4.76. The molecule has 2 amide bonds. The maximum absolute atomic E-state index is 13.6. The van der Waals surface area contributed by atoms with Crippen molar-refractivity contribution in [3.63, 3.8) is 0 Å². The first-order chi connectivity index (χ1) is 14.9. The van der Waals surface area contributed by atoms with E-state index in [1.165, 1.54) is 32.2 Å². The summed E-state index contributed by atoms with van der Waals surface area (Å²) in [5, 5.41) is 5.26. The minimum atomic E-state index is -0.846. The van der Waals surface area contributed by atoms with Gasteiger partial charge in [0.2, 0.25) is 0 Å². The molecule has 172 valence electrons. The molecule has 1 atom stereocenters. The number of nitrogens with one attached hydrogen (secondary N) is 2. The van der Waals surface area contributed by atoms with Crippen LogP contribution in [-0.2, 0) is 16.0 Å². The number of halogens is 2. The highest BCUT2D eigenvalue weighted by atomic mass is 35.5. The lowest BCUT2D eigenvalue weighted by atomic mass is 9.99. The van der Waals surface area contributed by atoms with Crippen molar-refractivity contribution in [2.75, 3.05) is 12.4 Å². The lowest BCUT2D eigenvalue weighted by molar-refractivity contribution is -0.120. The molecular weight excluding hydrogens is 439 g/mol. The van der Waals surface area contributed by atoms with E-state index in [9.17, 15) is 18.8 Å². The lowest BCUT2D eigenvalue weighted by Crippen LogP contribution is -2.42. The molecule has 2 aromatic carbocycles. The summed E-state index contributed by atoms with van der Waals surface area (Å²) in [6.07, 6.45) is -0.861. The van der Waals surface area contributed by atoms with Gasteiger partial charge in [-0.2, -0.15) is 0 Å². The Kier molecular flexibility index (Phi) is 8.21. The van der Waals surface area contributed by atoms with Crippen molar-refractivity contribution in [2.24, 2.45) is 0 Å². The minimum Gasteiger partial charge on any atom is -0.494 e. The van der Waals surface area contributed by atoms with E-state index >= 15 is 0 Å². The van der Waals surface area contributed by atoms with Crippen LogP contribution in [0.5, 0.6) is 5.75 Å².